The molecule has 0 aliphatic rings. The summed E-state index contributed by atoms with van der Waals surface area (Å²) in [6.45, 7) is 0. The van der Waals surface area contributed by atoms with Gasteiger partial charge in [0, 0.05) is 102 Å². The molecule has 0 unspecified atom stereocenters. The minimum atomic E-state index is 0.644. The summed E-state index contributed by atoms with van der Waals surface area (Å²) in [4.78, 5) is 0. The highest BCUT2D eigenvalue weighted by atomic mass is 32.1. The van der Waals surface area contributed by atoms with E-state index >= 15 is 0 Å². The molecule has 0 radical (unpaired) electrons. The van der Waals surface area contributed by atoms with Gasteiger partial charge in [0.25, 0.3) is 0 Å². The highest BCUT2D eigenvalue weighted by Gasteiger charge is 2.23. The fourth-order valence-corrected chi connectivity index (χ4v) is 19.7. The maximum absolute atomic E-state index is 9.65. The van der Waals surface area contributed by atoms with E-state index < -0.39 is 0 Å². The van der Waals surface area contributed by atoms with Gasteiger partial charge < -0.3 is 22.7 Å². The Balaban J connectivity index is 0.000000138. The first-order chi connectivity index (χ1) is 58.4. The summed E-state index contributed by atoms with van der Waals surface area (Å²) in [7, 11) is 0. The van der Waals surface area contributed by atoms with E-state index in [4.69, 9.17) is 4.42 Å². The van der Waals surface area contributed by atoms with E-state index in [1.54, 1.807) is 0 Å². The van der Waals surface area contributed by atoms with E-state index in [0.717, 1.165) is 117 Å². The average molecular weight is 1520 g/mol. The van der Waals surface area contributed by atoms with Crippen LogP contribution < -0.4 is 0 Å². The van der Waals surface area contributed by atoms with Crippen molar-refractivity contribution in [1.82, 2.24) is 18.3 Å². The molecular weight excluding hydrogens is 1450 g/mol. The minimum Gasteiger partial charge on any atom is -0.455 e. The molecule has 0 saturated heterocycles. The predicted molar refractivity (Wildman–Crippen MR) is 492 cm³/mol. The second-order valence-corrected chi connectivity index (χ2v) is 31.5. The van der Waals surface area contributed by atoms with Gasteiger partial charge in [-0.15, -0.1) is 11.3 Å². The Hall–Kier alpha value is -15.8. The first-order valence-corrected chi connectivity index (χ1v) is 40.6. The molecule has 0 bridgehead atoms. The van der Waals surface area contributed by atoms with Gasteiger partial charge in [0.05, 0.1) is 67.4 Å². The molecule has 6 heterocycles. The van der Waals surface area contributed by atoms with Crippen LogP contribution in [0.1, 0.15) is 11.1 Å². The van der Waals surface area contributed by atoms with Crippen LogP contribution >= 0.6 is 11.3 Å². The Morgan fingerprint density at radius 1 is 0.212 bits per heavy atom. The lowest BCUT2D eigenvalue weighted by Gasteiger charge is -2.10. The van der Waals surface area contributed by atoms with Crippen molar-refractivity contribution in [3.8, 4) is 102 Å². The molecule has 0 aliphatic heterocycles. The number of thiophene rings is 1. The van der Waals surface area contributed by atoms with Crippen LogP contribution in [0.2, 0.25) is 0 Å². The lowest BCUT2D eigenvalue weighted by Crippen LogP contribution is -1.94. The van der Waals surface area contributed by atoms with Gasteiger partial charge in [0.2, 0.25) is 0 Å². The van der Waals surface area contributed by atoms with Gasteiger partial charge in [0.15, 0.2) is 0 Å². The van der Waals surface area contributed by atoms with Crippen molar-refractivity contribution in [2.45, 2.75) is 0 Å². The summed E-state index contributed by atoms with van der Waals surface area (Å²) in [5.41, 5.74) is 30.5. The van der Waals surface area contributed by atoms with Crippen LogP contribution in [-0.4, -0.2) is 18.3 Å². The summed E-state index contributed by atoms with van der Waals surface area (Å²) in [6.07, 6.45) is 0. The zero-order chi connectivity index (χ0) is 78.1. The third-order valence-corrected chi connectivity index (χ3v) is 25.1. The molecule has 0 atom stereocenters. The van der Waals surface area contributed by atoms with Gasteiger partial charge in [0.1, 0.15) is 11.2 Å². The molecule has 18 aromatic carbocycles. The van der Waals surface area contributed by atoms with Crippen LogP contribution in [0.25, 0.3) is 219 Å². The zero-order valence-corrected chi connectivity index (χ0v) is 64.4. The molecule has 0 amide bonds. The number of hydrogen-bond acceptors (Lipinski definition) is 4. The van der Waals surface area contributed by atoms with Gasteiger partial charge in [-0.1, -0.05) is 231 Å². The SMILES string of the molecule is N#Cc1cccc(-n2c3ccccc3c3cc(-c4cccc(-c5ccc6c(c5)c5cc(-c7cccc8c7oc7ccccc78)ccc5n6-c5ccccc5)c4)ccc32)c1.N#Cc1cccc(-n2c3ccccc3c3cc(-c4cccc(-c5ccc6c(c5)c5cc(-c7cccc8c7sc7ccccc78)ccc5n6-c5ccccc5)c4)ccc32)c1. The van der Waals surface area contributed by atoms with Gasteiger partial charge in [-0.25, -0.2) is 0 Å². The predicted octanol–water partition coefficient (Wildman–Crippen LogP) is 29.8. The number of furan rings is 1. The normalized spacial score (nSPS) is 11.7. The van der Waals surface area contributed by atoms with Crippen molar-refractivity contribution in [3.05, 3.63) is 412 Å². The van der Waals surface area contributed by atoms with Crippen molar-refractivity contribution < 1.29 is 4.42 Å². The Morgan fingerprint density at radius 2 is 0.534 bits per heavy atom. The largest absolute Gasteiger partial charge is 0.455 e. The lowest BCUT2D eigenvalue weighted by molar-refractivity contribution is 0.670. The van der Waals surface area contributed by atoms with E-state index in [1.807, 2.05) is 59.9 Å². The zero-order valence-electron chi connectivity index (χ0n) is 63.6. The van der Waals surface area contributed by atoms with Crippen LogP contribution in [0, 0.1) is 22.7 Å². The molecule has 0 saturated carbocycles. The number of benzene rings is 18. The summed E-state index contributed by atoms with van der Waals surface area (Å²) >= 11 is 1.88. The second-order valence-electron chi connectivity index (χ2n) is 30.5. The Morgan fingerprint density at radius 3 is 1.01 bits per heavy atom. The number of hydrogen-bond donors (Lipinski definition) is 0. The molecule has 8 heteroatoms. The number of para-hydroxylation sites is 6. The number of nitrogens with zero attached hydrogens (tertiary/aromatic N) is 6. The monoisotopic (exact) mass is 1520 g/mol. The van der Waals surface area contributed by atoms with Crippen molar-refractivity contribution >= 4 is 141 Å². The maximum Gasteiger partial charge on any atom is 0.143 e. The number of fused-ring (bicyclic) bond motifs is 18. The molecular formula is C110H66N6OS. The van der Waals surface area contributed by atoms with Gasteiger partial charge in [-0.2, -0.15) is 10.5 Å². The van der Waals surface area contributed by atoms with Crippen LogP contribution in [-0.2, 0) is 0 Å². The van der Waals surface area contributed by atoms with E-state index in [2.05, 4.69) is 382 Å². The maximum atomic E-state index is 9.65. The van der Waals surface area contributed by atoms with E-state index in [1.165, 1.54) is 102 Å². The number of aromatic nitrogens is 4. The molecule has 24 aromatic rings. The van der Waals surface area contributed by atoms with Crippen molar-refractivity contribution in [2.24, 2.45) is 0 Å². The topological polar surface area (TPSA) is 80.4 Å². The number of nitriles is 2. The summed E-state index contributed by atoms with van der Waals surface area (Å²) in [5, 5.41) is 33.8. The smallest absolute Gasteiger partial charge is 0.143 e. The van der Waals surface area contributed by atoms with E-state index in [0.29, 0.717) is 11.1 Å². The van der Waals surface area contributed by atoms with Crippen LogP contribution in [0.4, 0.5) is 0 Å². The third-order valence-electron chi connectivity index (χ3n) is 23.9. The molecule has 118 heavy (non-hydrogen) atoms. The second kappa shape index (κ2) is 27.5. The Kier molecular flexibility index (Phi) is 15.8. The number of rotatable bonds is 10. The van der Waals surface area contributed by atoms with E-state index in [9.17, 15) is 10.5 Å². The first kappa shape index (κ1) is 67.8. The quantitative estimate of drug-likeness (QED) is 0.137. The van der Waals surface area contributed by atoms with Gasteiger partial charge in [-0.3, -0.25) is 0 Å². The molecule has 7 nitrogen and oxygen atoms in total. The molecule has 0 N–H and O–H groups in total. The highest BCUT2D eigenvalue weighted by Crippen LogP contribution is 2.47. The summed E-state index contributed by atoms with van der Waals surface area (Å²) in [5.74, 6) is 0. The Bertz CT molecular complexity index is 7870. The summed E-state index contributed by atoms with van der Waals surface area (Å²) in [6, 6.07) is 148. The standard InChI is InChI=1S/C55H33N3O.C55H33N3S/c2*56-34-35-11-8-16-42(29-35)58-50-21-6-4-17-44(50)47-31-38(23-26-51(47)58)36-12-9-13-37(30-36)39-24-27-52-48(32-39)49-33-40(25-28-53(49)57(52)41-14-2-1-3-15-41)43-19-10-20-46-45-18-5-7-22-54(45)59-55(43)46/h2*1-33H. The van der Waals surface area contributed by atoms with E-state index in [-0.39, 0.29) is 0 Å². The molecule has 0 aliphatic carbocycles. The molecule has 6 aromatic heterocycles. The highest BCUT2D eigenvalue weighted by molar-refractivity contribution is 7.26. The Labute approximate surface area is 682 Å². The first-order valence-electron chi connectivity index (χ1n) is 39.8. The fraction of sp³-hybridized carbons (Fsp3) is 0. The van der Waals surface area contributed by atoms with Crippen molar-refractivity contribution in [3.63, 3.8) is 0 Å². The molecule has 0 spiro atoms. The van der Waals surface area contributed by atoms with Crippen molar-refractivity contribution in [2.75, 3.05) is 0 Å². The minimum absolute atomic E-state index is 0.644. The average Bonchev–Trinajstić information content (AvgIpc) is 1.58. The van der Waals surface area contributed by atoms with Crippen LogP contribution in [0.15, 0.2) is 405 Å². The third kappa shape index (κ3) is 11.1. The fourth-order valence-electron chi connectivity index (χ4n) is 18.4. The lowest BCUT2D eigenvalue weighted by atomic mass is 9.96. The molecule has 24 rings (SSSR count). The van der Waals surface area contributed by atoms with Crippen LogP contribution in [0.5, 0.6) is 0 Å². The van der Waals surface area contributed by atoms with Crippen molar-refractivity contribution in [1.29, 1.82) is 10.5 Å². The molecule has 0 fully saturated rings. The van der Waals surface area contributed by atoms with Gasteiger partial charge >= 0.3 is 0 Å². The summed E-state index contributed by atoms with van der Waals surface area (Å²) < 4.78 is 18.4. The van der Waals surface area contributed by atoms with Gasteiger partial charge in [-0.05, 0) is 231 Å². The van der Waals surface area contributed by atoms with Crippen LogP contribution in [0.3, 0.4) is 0 Å². The molecule has 548 valence electrons.